The van der Waals surface area contributed by atoms with Crippen molar-refractivity contribution in [3.8, 4) is 34.3 Å². The van der Waals surface area contributed by atoms with E-state index < -0.39 is 5.82 Å². The van der Waals surface area contributed by atoms with Crippen LogP contribution in [0.4, 0.5) is 4.39 Å². The minimum absolute atomic E-state index is 0.00876. The maximum absolute atomic E-state index is 13.7. The van der Waals surface area contributed by atoms with E-state index in [1.165, 1.54) is 45.4 Å². The van der Waals surface area contributed by atoms with E-state index in [1.807, 2.05) is 34.9 Å². The SMILES string of the molecule is COc1cc(-c2nnc(SCC(=O)N/N=C/c3ccccc3F)n2-c2ccccc2)cc(OC)c1OC. The molecule has 1 aromatic heterocycles. The second kappa shape index (κ2) is 12.0. The van der Waals surface area contributed by atoms with Crippen LogP contribution in [-0.2, 0) is 4.79 Å². The van der Waals surface area contributed by atoms with Crippen LogP contribution in [0.25, 0.3) is 17.1 Å². The van der Waals surface area contributed by atoms with E-state index in [0.29, 0.717) is 33.8 Å². The summed E-state index contributed by atoms with van der Waals surface area (Å²) in [4.78, 5) is 12.4. The molecule has 9 nitrogen and oxygen atoms in total. The molecule has 0 unspecified atom stereocenters. The molecule has 0 aliphatic carbocycles. The van der Waals surface area contributed by atoms with Crippen molar-refractivity contribution in [2.75, 3.05) is 27.1 Å². The Morgan fingerprint density at radius 2 is 1.68 bits per heavy atom. The summed E-state index contributed by atoms with van der Waals surface area (Å²) >= 11 is 1.18. The van der Waals surface area contributed by atoms with Crippen molar-refractivity contribution in [1.29, 1.82) is 0 Å². The Morgan fingerprint density at radius 1 is 1.00 bits per heavy atom. The molecule has 0 saturated carbocycles. The Hall–Kier alpha value is -4.38. The summed E-state index contributed by atoms with van der Waals surface area (Å²) in [6.07, 6.45) is 1.26. The highest BCUT2D eigenvalue weighted by atomic mass is 32.2. The first-order chi connectivity index (χ1) is 18.0. The van der Waals surface area contributed by atoms with E-state index in [-0.39, 0.29) is 17.2 Å². The van der Waals surface area contributed by atoms with Crippen LogP contribution < -0.4 is 19.6 Å². The second-order valence-electron chi connectivity index (χ2n) is 7.49. The van der Waals surface area contributed by atoms with Crippen molar-refractivity contribution in [1.82, 2.24) is 20.2 Å². The van der Waals surface area contributed by atoms with Crippen LogP contribution in [0.3, 0.4) is 0 Å². The largest absolute Gasteiger partial charge is 0.493 e. The summed E-state index contributed by atoms with van der Waals surface area (Å²) in [6.45, 7) is 0. The zero-order valence-corrected chi connectivity index (χ0v) is 21.2. The summed E-state index contributed by atoms with van der Waals surface area (Å²) in [5, 5.41) is 13.1. The molecule has 0 spiro atoms. The van der Waals surface area contributed by atoms with Crippen LogP contribution in [0.2, 0.25) is 0 Å². The van der Waals surface area contributed by atoms with Crippen LogP contribution in [0.15, 0.2) is 77.0 Å². The molecule has 190 valence electrons. The molecule has 1 N–H and O–H groups in total. The topological polar surface area (TPSA) is 99.9 Å². The van der Waals surface area contributed by atoms with E-state index in [4.69, 9.17) is 14.2 Å². The van der Waals surface area contributed by atoms with E-state index in [2.05, 4.69) is 20.7 Å². The average Bonchev–Trinajstić information content (AvgIpc) is 3.36. The lowest BCUT2D eigenvalue weighted by Gasteiger charge is -2.15. The van der Waals surface area contributed by atoms with Crippen molar-refractivity contribution in [3.05, 3.63) is 78.1 Å². The van der Waals surface area contributed by atoms with Gasteiger partial charge in [0.1, 0.15) is 5.82 Å². The number of aromatic nitrogens is 3. The minimum atomic E-state index is -0.426. The highest BCUT2D eigenvalue weighted by Gasteiger charge is 2.21. The fourth-order valence-corrected chi connectivity index (χ4v) is 4.23. The standard InChI is InChI=1S/C26H24FN5O4S/c1-34-21-13-18(14-22(35-2)24(21)36-3)25-30-31-26(32(25)19-10-5-4-6-11-19)37-16-23(33)29-28-15-17-9-7-8-12-20(17)27/h4-15H,16H2,1-3H3,(H,29,33)/b28-15+. The van der Waals surface area contributed by atoms with Crippen molar-refractivity contribution in [2.24, 2.45) is 5.10 Å². The number of ether oxygens (including phenoxy) is 3. The first-order valence-corrected chi connectivity index (χ1v) is 12.0. The summed E-state index contributed by atoms with van der Waals surface area (Å²) in [5.41, 5.74) is 4.16. The number of benzene rings is 3. The van der Waals surface area contributed by atoms with Crippen LogP contribution in [0.1, 0.15) is 5.56 Å². The Morgan fingerprint density at radius 3 is 2.32 bits per heavy atom. The van der Waals surface area contributed by atoms with Crippen LogP contribution >= 0.6 is 11.8 Å². The molecule has 0 saturated heterocycles. The lowest BCUT2D eigenvalue weighted by Crippen LogP contribution is -2.20. The lowest BCUT2D eigenvalue weighted by molar-refractivity contribution is -0.118. The van der Waals surface area contributed by atoms with Gasteiger partial charge in [-0.25, -0.2) is 9.82 Å². The van der Waals surface area contributed by atoms with Gasteiger partial charge in [0, 0.05) is 16.8 Å². The molecule has 0 radical (unpaired) electrons. The van der Waals surface area contributed by atoms with Gasteiger partial charge in [0.25, 0.3) is 5.91 Å². The third-order valence-corrected chi connectivity index (χ3v) is 6.13. The molecular weight excluding hydrogens is 497 g/mol. The summed E-state index contributed by atoms with van der Waals surface area (Å²) < 4.78 is 32.0. The van der Waals surface area contributed by atoms with Gasteiger partial charge in [-0.3, -0.25) is 9.36 Å². The van der Waals surface area contributed by atoms with Gasteiger partial charge in [-0.1, -0.05) is 48.2 Å². The smallest absolute Gasteiger partial charge is 0.250 e. The van der Waals surface area contributed by atoms with Crippen molar-refractivity contribution in [3.63, 3.8) is 0 Å². The van der Waals surface area contributed by atoms with E-state index in [1.54, 1.807) is 30.3 Å². The summed E-state index contributed by atoms with van der Waals surface area (Å²) in [5.74, 6) is 1.13. The number of methoxy groups -OCH3 is 3. The molecule has 37 heavy (non-hydrogen) atoms. The average molecular weight is 522 g/mol. The highest BCUT2D eigenvalue weighted by Crippen LogP contribution is 2.41. The van der Waals surface area contributed by atoms with E-state index >= 15 is 0 Å². The van der Waals surface area contributed by atoms with Crippen molar-refractivity contribution in [2.45, 2.75) is 5.16 Å². The number of para-hydroxylation sites is 1. The maximum Gasteiger partial charge on any atom is 0.250 e. The Bertz CT molecular complexity index is 1390. The number of rotatable bonds is 10. The first kappa shape index (κ1) is 25.7. The van der Waals surface area contributed by atoms with E-state index in [9.17, 15) is 9.18 Å². The van der Waals surface area contributed by atoms with Gasteiger partial charge >= 0.3 is 0 Å². The molecule has 3 aromatic carbocycles. The fraction of sp³-hybridized carbons (Fsp3) is 0.154. The van der Waals surface area contributed by atoms with Gasteiger partial charge in [-0.2, -0.15) is 5.10 Å². The summed E-state index contributed by atoms with van der Waals surface area (Å²) in [7, 11) is 4.61. The molecule has 1 amide bonds. The zero-order chi connectivity index (χ0) is 26.2. The third kappa shape index (κ3) is 5.89. The number of amides is 1. The molecule has 0 aliphatic heterocycles. The molecule has 11 heteroatoms. The predicted octanol–water partition coefficient (Wildman–Crippen LogP) is 4.34. The van der Waals surface area contributed by atoms with Gasteiger partial charge in [-0.15, -0.1) is 10.2 Å². The molecule has 1 heterocycles. The number of halogens is 1. The number of carbonyl (C=O) groups is 1. The number of nitrogens with zero attached hydrogens (tertiary/aromatic N) is 4. The van der Waals surface area contributed by atoms with Crippen LogP contribution in [0.5, 0.6) is 17.2 Å². The van der Waals surface area contributed by atoms with Crippen molar-refractivity contribution >= 4 is 23.9 Å². The van der Waals surface area contributed by atoms with Gasteiger partial charge in [0.2, 0.25) is 5.75 Å². The lowest BCUT2D eigenvalue weighted by atomic mass is 10.1. The first-order valence-electron chi connectivity index (χ1n) is 11.1. The Kier molecular flexibility index (Phi) is 8.37. The fourth-order valence-electron chi connectivity index (χ4n) is 3.49. The third-order valence-electron chi connectivity index (χ3n) is 5.20. The Balaban J connectivity index is 1.60. The molecule has 0 aliphatic rings. The number of carbonyl (C=O) groups excluding carboxylic acids is 1. The monoisotopic (exact) mass is 521 g/mol. The number of nitrogens with one attached hydrogen (secondary N) is 1. The van der Waals surface area contributed by atoms with Crippen LogP contribution in [0, 0.1) is 5.82 Å². The van der Waals surface area contributed by atoms with Gasteiger partial charge in [0.05, 0.1) is 33.3 Å². The van der Waals surface area contributed by atoms with Crippen LogP contribution in [-0.4, -0.2) is 54.0 Å². The van der Waals surface area contributed by atoms with Gasteiger partial charge < -0.3 is 14.2 Å². The number of hydrogen-bond donors (Lipinski definition) is 1. The summed E-state index contributed by atoms with van der Waals surface area (Å²) in [6, 6.07) is 19.2. The molecule has 0 fully saturated rings. The molecule has 4 aromatic rings. The van der Waals surface area contributed by atoms with Gasteiger partial charge in [-0.05, 0) is 30.3 Å². The van der Waals surface area contributed by atoms with E-state index in [0.717, 1.165) is 5.69 Å². The number of hydrogen-bond acceptors (Lipinski definition) is 8. The zero-order valence-electron chi connectivity index (χ0n) is 20.3. The predicted molar refractivity (Wildman–Crippen MR) is 139 cm³/mol. The molecule has 0 atom stereocenters. The number of thioether (sulfide) groups is 1. The molecule has 4 rings (SSSR count). The molecular formula is C26H24FN5O4S. The van der Waals surface area contributed by atoms with Gasteiger partial charge in [0.15, 0.2) is 22.5 Å². The highest BCUT2D eigenvalue weighted by molar-refractivity contribution is 7.99. The number of hydrazone groups is 1. The maximum atomic E-state index is 13.7. The Labute approximate surface area is 217 Å². The molecule has 0 bridgehead atoms. The van der Waals surface area contributed by atoms with Crippen molar-refractivity contribution < 1.29 is 23.4 Å². The normalized spacial score (nSPS) is 10.9. The quantitative estimate of drug-likeness (QED) is 0.188. The second-order valence-corrected chi connectivity index (χ2v) is 8.44. The minimum Gasteiger partial charge on any atom is -0.493 e.